The van der Waals surface area contributed by atoms with E-state index < -0.39 is 11.9 Å². The molecule has 6 heteroatoms. The lowest BCUT2D eigenvalue weighted by atomic mass is 10.2. The Morgan fingerprint density at radius 3 is 2.47 bits per heavy atom. The monoisotopic (exact) mass is 276 g/mol. The molecule has 0 aliphatic rings. The standard InChI is InChI=1S/C13H9ClN2O3/c14-10-6-2-1-4-8(10)12(17)16-11-9(13(18)19)5-3-7-15-11/h1-7H,(H,18,19)(H,15,16,17). The number of benzene rings is 1. The van der Waals surface area contributed by atoms with E-state index in [1.165, 1.54) is 18.3 Å². The lowest BCUT2D eigenvalue weighted by Crippen LogP contribution is -2.16. The molecule has 2 rings (SSSR count). The molecule has 0 spiro atoms. The highest BCUT2D eigenvalue weighted by Gasteiger charge is 2.15. The van der Waals surface area contributed by atoms with Crippen LogP contribution in [0.25, 0.3) is 0 Å². The second-order valence-electron chi connectivity index (χ2n) is 3.64. The van der Waals surface area contributed by atoms with E-state index in [1.807, 2.05) is 0 Å². The van der Waals surface area contributed by atoms with E-state index in [9.17, 15) is 9.59 Å². The number of anilines is 1. The summed E-state index contributed by atoms with van der Waals surface area (Å²) >= 11 is 5.89. The number of nitrogens with zero attached hydrogens (tertiary/aromatic N) is 1. The van der Waals surface area contributed by atoms with E-state index in [0.29, 0.717) is 0 Å². The SMILES string of the molecule is O=C(Nc1ncccc1C(=O)O)c1ccccc1Cl. The first-order valence-corrected chi connectivity index (χ1v) is 5.71. The van der Waals surface area contributed by atoms with E-state index in [1.54, 1.807) is 24.3 Å². The molecule has 0 bridgehead atoms. The van der Waals surface area contributed by atoms with Crippen LogP contribution in [0.2, 0.25) is 5.02 Å². The molecule has 0 fully saturated rings. The summed E-state index contributed by atoms with van der Waals surface area (Å²) in [7, 11) is 0. The summed E-state index contributed by atoms with van der Waals surface area (Å²) in [5.41, 5.74) is 0.175. The lowest BCUT2D eigenvalue weighted by Gasteiger charge is -2.07. The number of rotatable bonds is 3. The van der Waals surface area contributed by atoms with Crippen LogP contribution >= 0.6 is 11.6 Å². The van der Waals surface area contributed by atoms with Crippen LogP contribution < -0.4 is 5.32 Å². The summed E-state index contributed by atoms with van der Waals surface area (Å²) in [6.45, 7) is 0. The zero-order valence-corrected chi connectivity index (χ0v) is 10.4. The number of aromatic nitrogens is 1. The molecular formula is C13H9ClN2O3. The Morgan fingerprint density at radius 2 is 1.79 bits per heavy atom. The van der Waals surface area contributed by atoms with Crippen molar-refractivity contribution in [1.29, 1.82) is 0 Å². The normalized spacial score (nSPS) is 9.95. The molecule has 1 heterocycles. The Labute approximate surface area is 113 Å². The second kappa shape index (κ2) is 5.49. The van der Waals surface area contributed by atoms with Crippen molar-refractivity contribution in [2.45, 2.75) is 0 Å². The summed E-state index contributed by atoms with van der Waals surface area (Å²) in [5.74, 6) is -1.69. The van der Waals surface area contributed by atoms with Gasteiger partial charge in [-0.1, -0.05) is 23.7 Å². The van der Waals surface area contributed by atoms with Gasteiger partial charge in [0.05, 0.1) is 10.6 Å². The number of hydrogen-bond donors (Lipinski definition) is 2. The highest BCUT2D eigenvalue weighted by Crippen LogP contribution is 2.18. The number of carboxylic acids is 1. The van der Waals surface area contributed by atoms with E-state index in [0.717, 1.165) is 0 Å². The van der Waals surface area contributed by atoms with E-state index in [2.05, 4.69) is 10.3 Å². The summed E-state index contributed by atoms with van der Waals surface area (Å²) in [6.07, 6.45) is 1.40. The summed E-state index contributed by atoms with van der Waals surface area (Å²) < 4.78 is 0. The number of nitrogens with one attached hydrogen (secondary N) is 1. The number of carbonyl (C=O) groups is 2. The van der Waals surface area contributed by atoms with Crippen LogP contribution in [0.4, 0.5) is 5.82 Å². The molecule has 2 aromatic rings. The van der Waals surface area contributed by atoms with Gasteiger partial charge in [-0.15, -0.1) is 0 Å². The van der Waals surface area contributed by atoms with Gasteiger partial charge in [0.25, 0.3) is 5.91 Å². The molecule has 0 atom stereocenters. The van der Waals surface area contributed by atoms with E-state index in [4.69, 9.17) is 16.7 Å². The van der Waals surface area contributed by atoms with Crippen LogP contribution in [0.5, 0.6) is 0 Å². The fourth-order valence-electron chi connectivity index (χ4n) is 1.50. The van der Waals surface area contributed by atoms with Crippen LogP contribution in [0.1, 0.15) is 20.7 Å². The predicted octanol–water partition coefficient (Wildman–Crippen LogP) is 2.69. The molecule has 1 aromatic heterocycles. The molecule has 1 aromatic carbocycles. The minimum Gasteiger partial charge on any atom is -0.478 e. The van der Waals surface area contributed by atoms with Crippen molar-refractivity contribution in [1.82, 2.24) is 4.98 Å². The maximum atomic E-state index is 12.0. The Kier molecular flexibility index (Phi) is 3.77. The average molecular weight is 277 g/mol. The molecule has 0 aliphatic heterocycles. The Bertz CT molecular complexity index is 643. The minimum atomic E-state index is -1.16. The molecule has 1 amide bonds. The number of aromatic carboxylic acids is 1. The molecule has 5 nitrogen and oxygen atoms in total. The molecule has 0 saturated carbocycles. The van der Waals surface area contributed by atoms with Gasteiger partial charge in [0.1, 0.15) is 11.4 Å². The maximum Gasteiger partial charge on any atom is 0.339 e. The molecule has 0 saturated heterocycles. The number of pyridine rings is 1. The average Bonchev–Trinajstić information content (AvgIpc) is 2.39. The number of carboxylic acid groups (broad SMARTS) is 1. The molecule has 0 unspecified atom stereocenters. The number of hydrogen-bond acceptors (Lipinski definition) is 3. The van der Waals surface area contributed by atoms with Gasteiger partial charge in [-0.2, -0.15) is 0 Å². The smallest absolute Gasteiger partial charge is 0.339 e. The number of carbonyl (C=O) groups excluding carboxylic acids is 1. The third-order valence-corrected chi connectivity index (χ3v) is 2.72. The van der Waals surface area contributed by atoms with Gasteiger partial charge in [0.15, 0.2) is 0 Å². The van der Waals surface area contributed by atoms with Crippen molar-refractivity contribution in [3.63, 3.8) is 0 Å². The van der Waals surface area contributed by atoms with Gasteiger partial charge in [-0.05, 0) is 24.3 Å². The second-order valence-corrected chi connectivity index (χ2v) is 4.05. The topological polar surface area (TPSA) is 79.3 Å². The fraction of sp³-hybridized carbons (Fsp3) is 0. The predicted molar refractivity (Wildman–Crippen MR) is 70.6 cm³/mol. The van der Waals surface area contributed by atoms with Gasteiger partial charge in [0.2, 0.25) is 0 Å². The largest absolute Gasteiger partial charge is 0.478 e. The summed E-state index contributed by atoms with van der Waals surface area (Å²) in [6, 6.07) is 9.32. The van der Waals surface area contributed by atoms with Crippen molar-refractivity contribution in [2.24, 2.45) is 0 Å². The molecule has 2 N–H and O–H groups in total. The molecule has 0 radical (unpaired) electrons. The van der Waals surface area contributed by atoms with E-state index in [-0.39, 0.29) is 22.0 Å². The van der Waals surface area contributed by atoms with Gasteiger partial charge < -0.3 is 10.4 Å². The quantitative estimate of drug-likeness (QED) is 0.903. The first kappa shape index (κ1) is 13.0. The fourth-order valence-corrected chi connectivity index (χ4v) is 1.72. The molecule has 19 heavy (non-hydrogen) atoms. The van der Waals surface area contributed by atoms with Crippen LogP contribution in [0, 0.1) is 0 Å². The third-order valence-electron chi connectivity index (χ3n) is 2.39. The van der Waals surface area contributed by atoms with Gasteiger partial charge >= 0.3 is 5.97 Å². The third kappa shape index (κ3) is 2.89. The van der Waals surface area contributed by atoms with E-state index >= 15 is 0 Å². The van der Waals surface area contributed by atoms with Gasteiger partial charge in [-0.25, -0.2) is 9.78 Å². The highest BCUT2D eigenvalue weighted by molar-refractivity contribution is 6.34. The number of amides is 1. The van der Waals surface area contributed by atoms with Crippen LogP contribution in [0.15, 0.2) is 42.6 Å². The zero-order chi connectivity index (χ0) is 13.8. The van der Waals surface area contributed by atoms with Gasteiger partial charge in [-0.3, -0.25) is 4.79 Å². The number of halogens is 1. The van der Waals surface area contributed by atoms with Crippen molar-refractivity contribution in [2.75, 3.05) is 5.32 Å². The van der Waals surface area contributed by atoms with Crippen LogP contribution in [-0.4, -0.2) is 22.0 Å². The Morgan fingerprint density at radius 1 is 1.11 bits per heavy atom. The first-order chi connectivity index (χ1) is 9.09. The van der Waals surface area contributed by atoms with Crippen LogP contribution in [0.3, 0.4) is 0 Å². The van der Waals surface area contributed by atoms with Crippen molar-refractivity contribution < 1.29 is 14.7 Å². The molecule has 96 valence electrons. The van der Waals surface area contributed by atoms with Crippen molar-refractivity contribution in [3.8, 4) is 0 Å². The molecule has 0 aliphatic carbocycles. The van der Waals surface area contributed by atoms with Crippen molar-refractivity contribution in [3.05, 3.63) is 58.7 Å². The zero-order valence-electron chi connectivity index (χ0n) is 9.63. The Hall–Kier alpha value is -2.40. The Balaban J connectivity index is 2.30. The first-order valence-electron chi connectivity index (χ1n) is 5.34. The maximum absolute atomic E-state index is 12.0. The van der Waals surface area contributed by atoms with Crippen LogP contribution in [-0.2, 0) is 0 Å². The summed E-state index contributed by atoms with van der Waals surface area (Å²) in [4.78, 5) is 26.8. The summed E-state index contributed by atoms with van der Waals surface area (Å²) in [5, 5.41) is 11.7. The lowest BCUT2D eigenvalue weighted by molar-refractivity contribution is 0.0697. The highest BCUT2D eigenvalue weighted by atomic mass is 35.5. The van der Waals surface area contributed by atoms with Crippen molar-refractivity contribution >= 4 is 29.3 Å². The minimum absolute atomic E-state index is 0.0140. The van der Waals surface area contributed by atoms with Gasteiger partial charge in [0, 0.05) is 6.20 Å². The molecular weight excluding hydrogens is 268 g/mol.